The molecule has 0 fully saturated rings. The zero-order valence-electron chi connectivity index (χ0n) is 80.9. The first kappa shape index (κ1) is 87.3. The summed E-state index contributed by atoms with van der Waals surface area (Å²) in [5, 5.41) is 14.2. The molecule has 15 heterocycles. The van der Waals surface area contributed by atoms with Gasteiger partial charge in [0.05, 0.1) is 95.2 Å². The lowest BCUT2D eigenvalue weighted by molar-refractivity contribution is 1.06. The van der Waals surface area contributed by atoms with E-state index in [1.807, 2.05) is 128 Å². The Hall–Kier alpha value is -20.6. The predicted octanol–water partition coefficient (Wildman–Crippen LogP) is 33.2. The summed E-state index contributed by atoms with van der Waals surface area (Å²) in [5.41, 5.74) is 36.7. The van der Waals surface area contributed by atoms with E-state index in [4.69, 9.17) is 24.9 Å². The Morgan fingerprint density at radius 2 is 0.420 bits per heavy atom. The summed E-state index contributed by atoms with van der Waals surface area (Å²) in [7, 11) is 0. The van der Waals surface area contributed by atoms with Crippen LogP contribution in [0.2, 0.25) is 0 Å². The van der Waals surface area contributed by atoms with E-state index in [0.717, 1.165) is 190 Å². The fourth-order valence-electron chi connectivity index (χ4n) is 22.1. The van der Waals surface area contributed by atoms with Gasteiger partial charge in [-0.1, -0.05) is 249 Å². The summed E-state index contributed by atoms with van der Waals surface area (Å²) in [4.78, 5) is 43.7. The van der Waals surface area contributed by atoms with Crippen LogP contribution in [0.15, 0.2) is 529 Å². The molecular formula is C135H87N15. The van der Waals surface area contributed by atoms with E-state index in [-0.39, 0.29) is 0 Å². The summed E-state index contributed by atoms with van der Waals surface area (Å²) >= 11 is 0. The Labute approximate surface area is 861 Å². The fourth-order valence-corrected chi connectivity index (χ4v) is 22.1. The van der Waals surface area contributed by atoms with Gasteiger partial charge >= 0.3 is 0 Å². The van der Waals surface area contributed by atoms with Crippen molar-refractivity contribution in [3.8, 4) is 135 Å². The standard InChI is InChI=1S/C46H30N4.C45H29N5.C44H28N6/c1-4-13-31(14-5-1)35-28-41(32-15-6-2-7-16-32)48-45(30-35)50-43-25-23-33(27-40(43)39-20-12-26-47-46(39)50)34-22-24-38-37-19-10-11-21-42(37)49(44(38)29-34)36-17-8-3-9-18-36;1-2-11-34(12-3-1)49-42-17-5-4-13-36(42)37-20-18-31(29-44(37)49)30-19-21-43-39(28-30)38-14-10-24-48-45(38)50(43)35-26-32(40-15-6-8-22-46-40)25-33(27-35)41-16-7-9-23-47-41;1-2-11-31(12-3-1)49-41-17-5-4-13-33(41)34-20-18-30(26-43(34)49)29-19-21-42-36(25-29)35-14-10-24-47-44(35)50(42)32-27-39(37-15-6-8-22-45-37)48-40(28-32)38-16-7-9-23-46-38/h1-30H;1-29H;1-28H. The van der Waals surface area contributed by atoms with Crippen LogP contribution in [0.5, 0.6) is 0 Å². The number of hydrogen-bond acceptors (Lipinski definition) is 9. The van der Waals surface area contributed by atoms with E-state index in [1.165, 1.54) is 76.5 Å². The Morgan fingerprint density at radius 1 is 0.120 bits per heavy atom. The molecule has 0 amide bonds. The second-order valence-electron chi connectivity index (χ2n) is 37.6. The van der Waals surface area contributed by atoms with Crippen molar-refractivity contribution in [2.45, 2.75) is 0 Å². The average molecular weight is 1920 g/mol. The molecule has 0 aliphatic rings. The number of rotatable bonds is 15. The molecule has 150 heavy (non-hydrogen) atoms. The first-order chi connectivity index (χ1) is 74.4. The van der Waals surface area contributed by atoms with Gasteiger partial charge < -0.3 is 13.7 Å². The summed E-state index contributed by atoms with van der Waals surface area (Å²) in [6.45, 7) is 0. The minimum absolute atomic E-state index is 0.772. The largest absolute Gasteiger partial charge is 0.309 e. The molecule has 0 unspecified atom stereocenters. The Morgan fingerprint density at radius 3 is 0.807 bits per heavy atom. The number of benzene rings is 15. The van der Waals surface area contributed by atoms with Gasteiger partial charge in [-0.25, -0.2) is 24.9 Å². The summed E-state index contributed by atoms with van der Waals surface area (Å²) < 4.78 is 13.8. The van der Waals surface area contributed by atoms with Crippen LogP contribution < -0.4 is 0 Å². The van der Waals surface area contributed by atoms with Crippen molar-refractivity contribution in [1.82, 2.24) is 72.3 Å². The molecule has 0 atom stereocenters. The van der Waals surface area contributed by atoms with Crippen LogP contribution in [0.4, 0.5) is 0 Å². The van der Waals surface area contributed by atoms with E-state index < -0.39 is 0 Å². The number of aromatic nitrogens is 15. The van der Waals surface area contributed by atoms with Gasteiger partial charge in [0.25, 0.3) is 0 Å². The molecule has 30 aromatic rings. The van der Waals surface area contributed by atoms with Gasteiger partial charge in [-0.2, -0.15) is 0 Å². The lowest BCUT2D eigenvalue weighted by Gasteiger charge is -2.13. The molecule has 0 saturated heterocycles. The molecule has 0 bridgehead atoms. The summed E-state index contributed by atoms with van der Waals surface area (Å²) in [6, 6.07) is 171. The van der Waals surface area contributed by atoms with Crippen LogP contribution in [-0.4, -0.2) is 72.3 Å². The third-order valence-corrected chi connectivity index (χ3v) is 28.9. The number of pyridine rings is 9. The van der Waals surface area contributed by atoms with Crippen molar-refractivity contribution in [1.29, 1.82) is 0 Å². The lowest BCUT2D eigenvalue weighted by Crippen LogP contribution is -2.01. The maximum Gasteiger partial charge on any atom is 0.146 e. The van der Waals surface area contributed by atoms with Gasteiger partial charge in [-0.3, -0.25) is 33.6 Å². The normalized spacial score (nSPS) is 11.6. The second-order valence-corrected chi connectivity index (χ2v) is 37.6. The number of fused-ring (bicyclic) bond motifs is 18. The highest BCUT2D eigenvalue weighted by Gasteiger charge is 2.26. The molecule has 0 aliphatic carbocycles. The predicted molar refractivity (Wildman–Crippen MR) is 614 cm³/mol. The van der Waals surface area contributed by atoms with Gasteiger partial charge in [0.15, 0.2) is 0 Å². The Bertz CT molecular complexity index is 9330. The molecule has 30 rings (SSSR count). The molecule has 15 aromatic heterocycles. The van der Waals surface area contributed by atoms with Gasteiger partial charge in [0.1, 0.15) is 22.8 Å². The van der Waals surface area contributed by atoms with E-state index in [2.05, 4.69) is 436 Å². The van der Waals surface area contributed by atoms with Crippen molar-refractivity contribution in [3.05, 3.63) is 529 Å². The van der Waals surface area contributed by atoms with Gasteiger partial charge in [0, 0.05) is 147 Å². The molecular weight excluding hydrogens is 1830 g/mol. The fraction of sp³-hybridized carbons (Fsp3) is 0. The van der Waals surface area contributed by atoms with Crippen molar-refractivity contribution in [3.63, 3.8) is 0 Å². The molecule has 15 nitrogen and oxygen atoms in total. The van der Waals surface area contributed by atoms with Crippen molar-refractivity contribution >= 4 is 131 Å². The van der Waals surface area contributed by atoms with Crippen LogP contribution in [0.25, 0.3) is 267 Å². The highest BCUT2D eigenvalue weighted by molar-refractivity contribution is 6.17. The first-order valence-corrected chi connectivity index (χ1v) is 50.3. The van der Waals surface area contributed by atoms with E-state index >= 15 is 0 Å². The van der Waals surface area contributed by atoms with Gasteiger partial charge in [0.2, 0.25) is 0 Å². The average Bonchev–Trinajstić information content (AvgIpc) is 1.59. The zero-order chi connectivity index (χ0) is 99.1. The third kappa shape index (κ3) is 15.4. The highest BCUT2D eigenvalue weighted by atomic mass is 15.1. The van der Waals surface area contributed by atoms with Gasteiger partial charge in [-0.15, -0.1) is 0 Å². The van der Waals surface area contributed by atoms with Crippen molar-refractivity contribution < 1.29 is 0 Å². The smallest absolute Gasteiger partial charge is 0.146 e. The van der Waals surface area contributed by atoms with Crippen molar-refractivity contribution in [2.24, 2.45) is 0 Å². The molecule has 0 aliphatic heterocycles. The van der Waals surface area contributed by atoms with E-state index in [9.17, 15) is 0 Å². The number of para-hydroxylation sites is 6. The SMILES string of the molecule is c1ccc(-c2cc(-c3ccccc3)nc(-n3c4ccc(-c5ccc6c7ccccc7n(-c7ccccc7)c6c5)cc4c4cccnc43)c2)cc1.c1ccc(-n2c3ccccc3c3ccc(-c4ccc5c(c4)c4cccnc4n5-c4cc(-c5ccccn5)cc(-c5ccccn5)c4)cc32)cc1.c1ccc(-n2c3ccccc3c3ccc(-c4ccc5c(c4)c4cccnc4n5-c4cc(-c5ccccn5)nc(-c5ccccn5)c4)cc32)cc1. The first-order valence-electron chi connectivity index (χ1n) is 50.3. The minimum Gasteiger partial charge on any atom is -0.309 e. The van der Waals surface area contributed by atoms with Crippen LogP contribution in [0, 0.1) is 0 Å². The van der Waals surface area contributed by atoms with Crippen LogP contribution in [0.1, 0.15) is 0 Å². The molecule has 0 radical (unpaired) electrons. The molecule has 15 heteroatoms. The van der Waals surface area contributed by atoms with E-state index in [0.29, 0.717) is 0 Å². The van der Waals surface area contributed by atoms with Crippen molar-refractivity contribution in [2.75, 3.05) is 0 Å². The highest BCUT2D eigenvalue weighted by Crippen LogP contribution is 2.46. The number of hydrogen-bond donors (Lipinski definition) is 0. The molecule has 0 N–H and O–H groups in total. The zero-order valence-corrected chi connectivity index (χ0v) is 80.9. The maximum atomic E-state index is 5.27. The third-order valence-electron chi connectivity index (χ3n) is 28.9. The van der Waals surface area contributed by atoms with E-state index in [1.54, 1.807) is 12.4 Å². The van der Waals surface area contributed by atoms with Crippen LogP contribution >= 0.6 is 0 Å². The lowest BCUT2D eigenvalue weighted by atomic mass is 10.0. The van der Waals surface area contributed by atoms with Crippen LogP contribution in [0.3, 0.4) is 0 Å². The Kier molecular flexibility index (Phi) is 21.5. The monoisotopic (exact) mass is 1920 g/mol. The van der Waals surface area contributed by atoms with Crippen LogP contribution in [-0.2, 0) is 0 Å². The molecule has 0 spiro atoms. The topological polar surface area (TPSA) is 146 Å². The Balaban J connectivity index is 0.000000108. The quantitative estimate of drug-likeness (QED) is 0.0979. The second kappa shape index (κ2) is 37.0. The maximum absolute atomic E-state index is 5.27. The molecule has 15 aromatic carbocycles. The minimum atomic E-state index is 0.772. The van der Waals surface area contributed by atoms with Gasteiger partial charge in [-0.05, 0) is 281 Å². The number of nitrogens with zero attached hydrogens (tertiary/aromatic N) is 15. The summed E-state index contributed by atoms with van der Waals surface area (Å²) in [6.07, 6.45) is 12.9. The molecule has 702 valence electrons. The molecule has 0 saturated carbocycles. The summed E-state index contributed by atoms with van der Waals surface area (Å²) in [5.74, 6) is 0.838.